The first-order valence-corrected chi connectivity index (χ1v) is 9.64. The maximum absolute atomic E-state index is 13.2. The summed E-state index contributed by atoms with van der Waals surface area (Å²) in [6, 6.07) is 14.1. The molecule has 1 N–H and O–H groups in total. The average molecular weight is 366 g/mol. The first-order valence-electron chi connectivity index (χ1n) is 9.64. The molecule has 0 bridgehead atoms. The molecule has 2 aliphatic heterocycles. The summed E-state index contributed by atoms with van der Waals surface area (Å²) in [6.45, 7) is 5.70. The van der Waals surface area contributed by atoms with Crippen LogP contribution in [0.5, 0.6) is 0 Å². The van der Waals surface area contributed by atoms with Crippen LogP contribution < -0.4 is 10.2 Å². The van der Waals surface area contributed by atoms with Crippen molar-refractivity contribution in [2.24, 2.45) is 5.92 Å². The highest BCUT2D eigenvalue weighted by molar-refractivity contribution is 5.88. The van der Waals surface area contributed by atoms with E-state index in [2.05, 4.69) is 32.5 Å². The molecule has 142 valence electrons. The largest absolute Gasteiger partial charge is 0.381 e. The van der Waals surface area contributed by atoms with Gasteiger partial charge >= 0.3 is 0 Å². The number of nitrogens with zero attached hydrogens (tertiary/aromatic N) is 3. The van der Waals surface area contributed by atoms with E-state index in [0.717, 1.165) is 43.0 Å². The van der Waals surface area contributed by atoms with E-state index in [0.29, 0.717) is 25.7 Å². The molecule has 0 saturated carbocycles. The molecule has 0 unspecified atom stereocenters. The Labute approximate surface area is 159 Å². The molecule has 0 spiro atoms. The van der Waals surface area contributed by atoms with E-state index in [4.69, 9.17) is 4.74 Å². The van der Waals surface area contributed by atoms with Gasteiger partial charge < -0.3 is 15.0 Å². The number of rotatable bonds is 5. The summed E-state index contributed by atoms with van der Waals surface area (Å²) in [7, 11) is 0. The first-order chi connectivity index (χ1) is 13.2. The van der Waals surface area contributed by atoms with E-state index in [1.165, 1.54) is 0 Å². The predicted molar refractivity (Wildman–Crippen MR) is 104 cm³/mol. The zero-order valence-electron chi connectivity index (χ0n) is 15.7. The van der Waals surface area contributed by atoms with Crippen LogP contribution in [-0.2, 0) is 14.9 Å². The second-order valence-electron chi connectivity index (χ2n) is 7.57. The highest BCUT2D eigenvalue weighted by Crippen LogP contribution is 2.35. The van der Waals surface area contributed by atoms with Gasteiger partial charge in [-0.15, -0.1) is 5.10 Å². The lowest BCUT2D eigenvalue weighted by molar-refractivity contribution is -0.130. The van der Waals surface area contributed by atoms with Gasteiger partial charge in [-0.2, -0.15) is 5.10 Å². The van der Waals surface area contributed by atoms with Crippen molar-refractivity contribution in [3.05, 3.63) is 53.7 Å². The SMILES string of the molecule is Cc1ccc(N2CC(CNC(=O)C3(c4ccccc4)CCOCC3)C2)nn1. The lowest BCUT2D eigenvalue weighted by Gasteiger charge is -2.41. The monoisotopic (exact) mass is 366 g/mol. The van der Waals surface area contributed by atoms with Gasteiger partial charge in [0.2, 0.25) is 5.91 Å². The third kappa shape index (κ3) is 3.67. The van der Waals surface area contributed by atoms with Crippen molar-refractivity contribution in [1.29, 1.82) is 0 Å². The van der Waals surface area contributed by atoms with E-state index in [1.54, 1.807) is 0 Å². The Balaban J connectivity index is 1.35. The Morgan fingerprint density at radius 2 is 1.89 bits per heavy atom. The van der Waals surface area contributed by atoms with Gasteiger partial charge in [0, 0.05) is 38.8 Å². The number of amides is 1. The van der Waals surface area contributed by atoms with Gasteiger partial charge in [-0.1, -0.05) is 30.3 Å². The molecule has 2 aromatic rings. The van der Waals surface area contributed by atoms with Gasteiger partial charge in [-0.25, -0.2) is 0 Å². The second kappa shape index (κ2) is 7.64. The van der Waals surface area contributed by atoms with Gasteiger partial charge in [0.15, 0.2) is 5.82 Å². The number of hydrogen-bond donors (Lipinski definition) is 1. The summed E-state index contributed by atoms with van der Waals surface area (Å²) in [6.07, 6.45) is 1.47. The zero-order chi connectivity index (χ0) is 18.7. The van der Waals surface area contributed by atoms with Crippen LogP contribution in [0.4, 0.5) is 5.82 Å². The second-order valence-corrected chi connectivity index (χ2v) is 7.57. The Morgan fingerprint density at radius 3 is 2.56 bits per heavy atom. The number of hydrogen-bond acceptors (Lipinski definition) is 5. The Hall–Kier alpha value is -2.47. The molecule has 6 nitrogen and oxygen atoms in total. The quantitative estimate of drug-likeness (QED) is 0.878. The molecule has 2 aliphatic rings. The Bertz CT molecular complexity index is 767. The topological polar surface area (TPSA) is 67.4 Å². The summed E-state index contributed by atoms with van der Waals surface area (Å²) in [5, 5.41) is 11.6. The fourth-order valence-corrected chi connectivity index (χ4v) is 3.98. The van der Waals surface area contributed by atoms with E-state index in [9.17, 15) is 4.79 Å². The van der Waals surface area contributed by atoms with Crippen LogP contribution in [0.2, 0.25) is 0 Å². The maximum Gasteiger partial charge on any atom is 0.230 e. The maximum atomic E-state index is 13.2. The van der Waals surface area contributed by atoms with Crippen molar-refractivity contribution in [3.63, 3.8) is 0 Å². The average Bonchev–Trinajstić information content (AvgIpc) is 2.69. The standard InChI is InChI=1S/C21H26N4O2/c1-16-7-8-19(24-23-16)25-14-17(15-25)13-22-20(26)21(9-11-27-12-10-21)18-5-3-2-4-6-18/h2-8,17H,9-15H2,1H3,(H,22,26). The molecule has 3 heterocycles. The first kappa shape index (κ1) is 17.9. The Kier molecular flexibility index (Phi) is 5.07. The molecule has 0 radical (unpaired) electrons. The minimum atomic E-state index is -0.467. The summed E-state index contributed by atoms with van der Waals surface area (Å²) >= 11 is 0. The molecule has 1 aromatic heterocycles. The highest BCUT2D eigenvalue weighted by atomic mass is 16.5. The summed E-state index contributed by atoms with van der Waals surface area (Å²) in [5.41, 5.74) is 1.55. The lowest BCUT2D eigenvalue weighted by atomic mass is 9.73. The number of aryl methyl sites for hydroxylation is 1. The van der Waals surface area contributed by atoms with Crippen molar-refractivity contribution in [3.8, 4) is 0 Å². The van der Waals surface area contributed by atoms with Crippen molar-refractivity contribution >= 4 is 11.7 Å². The lowest BCUT2D eigenvalue weighted by Crippen LogP contribution is -2.55. The van der Waals surface area contributed by atoms with Gasteiger partial charge in [0.1, 0.15) is 0 Å². The van der Waals surface area contributed by atoms with Crippen LogP contribution in [0.1, 0.15) is 24.1 Å². The van der Waals surface area contributed by atoms with Crippen LogP contribution in [-0.4, -0.2) is 49.0 Å². The fraction of sp³-hybridized carbons (Fsp3) is 0.476. The van der Waals surface area contributed by atoms with Crippen LogP contribution in [0.3, 0.4) is 0 Å². The van der Waals surface area contributed by atoms with Crippen molar-refractivity contribution in [2.75, 3.05) is 37.7 Å². The van der Waals surface area contributed by atoms with Gasteiger partial charge in [0.05, 0.1) is 11.1 Å². The normalized spacial score (nSPS) is 19.4. The minimum absolute atomic E-state index is 0.130. The molecule has 1 amide bonds. The van der Waals surface area contributed by atoms with Crippen LogP contribution in [0, 0.1) is 12.8 Å². The third-order valence-corrected chi connectivity index (χ3v) is 5.72. The summed E-state index contributed by atoms with van der Waals surface area (Å²) < 4.78 is 5.53. The number of carbonyl (C=O) groups excluding carboxylic acids is 1. The van der Waals surface area contributed by atoms with Crippen molar-refractivity contribution in [1.82, 2.24) is 15.5 Å². The number of ether oxygens (including phenoxy) is 1. The van der Waals surface area contributed by atoms with Crippen LogP contribution >= 0.6 is 0 Å². The Morgan fingerprint density at radius 1 is 1.15 bits per heavy atom. The zero-order valence-corrected chi connectivity index (χ0v) is 15.7. The minimum Gasteiger partial charge on any atom is -0.381 e. The molecule has 27 heavy (non-hydrogen) atoms. The summed E-state index contributed by atoms with van der Waals surface area (Å²) in [5.74, 6) is 1.49. The van der Waals surface area contributed by atoms with E-state index < -0.39 is 5.41 Å². The molecule has 2 fully saturated rings. The van der Waals surface area contributed by atoms with Crippen LogP contribution in [0.15, 0.2) is 42.5 Å². The number of aromatic nitrogens is 2. The fourth-order valence-electron chi connectivity index (χ4n) is 3.98. The van der Waals surface area contributed by atoms with Gasteiger partial charge in [0.25, 0.3) is 0 Å². The number of nitrogens with one attached hydrogen (secondary N) is 1. The van der Waals surface area contributed by atoms with Gasteiger partial charge in [-0.3, -0.25) is 4.79 Å². The van der Waals surface area contributed by atoms with E-state index in [-0.39, 0.29) is 5.91 Å². The van der Waals surface area contributed by atoms with Crippen molar-refractivity contribution < 1.29 is 9.53 Å². The predicted octanol–water partition coefficient (Wildman–Crippen LogP) is 2.09. The molecule has 0 aliphatic carbocycles. The molecule has 0 atom stereocenters. The highest BCUT2D eigenvalue weighted by Gasteiger charge is 2.42. The van der Waals surface area contributed by atoms with Gasteiger partial charge in [-0.05, 0) is 37.5 Å². The molecular formula is C21H26N4O2. The summed E-state index contributed by atoms with van der Waals surface area (Å²) in [4.78, 5) is 15.4. The molecule has 6 heteroatoms. The third-order valence-electron chi connectivity index (χ3n) is 5.72. The smallest absolute Gasteiger partial charge is 0.230 e. The van der Waals surface area contributed by atoms with Crippen LogP contribution in [0.25, 0.3) is 0 Å². The number of carbonyl (C=O) groups is 1. The molecular weight excluding hydrogens is 340 g/mol. The van der Waals surface area contributed by atoms with E-state index >= 15 is 0 Å². The molecule has 4 rings (SSSR count). The van der Waals surface area contributed by atoms with Crippen molar-refractivity contribution in [2.45, 2.75) is 25.2 Å². The van der Waals surface area contributed by atoms with E-state index in [1.807, 2.05) is 37.3 Å². The number of anilines is 1. The molecule has 2 saturated heterocycles. The number of benzene rings is 1. The molecule has 1 aromatic carbocycles.